The summed E-state index contributed by atoms with van der Waals surface area (Å²) in [6, 6.07) is 15.6. The molecule has 0 atom stereocenters. The quantitative estimate of drug-likeness (QED) is 0.106. The van der Waals surface area contributed by atoms with E-state index in [-0.39, 0.29) is 24.0 Å². The van der Waals surface area contributed by atoms with Crippen molar-refractivity contribution in [1.29, 1.82) is 0 Å². The maximum atomic E-state index is 12.6. The van der Waals surface area contributed by atoms with Gasteiger partial charge in [-0.25, -0.2) is 0 Å². The summed E-state index contributed by atoms with van der Waals surface area (Å²) < 4.78 is 41.4. The number of nitrogens with one attached hydrogen (secondary N) is 1. The predicted octanol–water partition coefficient (Wildman–Crippen LogP) is 5.81. The van der Waals surface area contributed by atoms with Crippen LogP contribution in [0, 0.1) is 0 Å². The molecule has 9 nitrogen and oxygen atoms in total. The zero-order chi connectivity index (χ0) is 30.2. The van der Waals surface area contributed by atoms with Crippen LogP contribution in [0.2, 0.25) is 0 Å². The number of nitrogens with two attached hydrogens (primary N) is 1. The van der Waals surface area contributed by atoms with Crippen molar-refractivity contribution in [3.8, 4) is 5.75 Å². The topological polar surface area (TPSA) is 119 Å². The van der Waals surface area contributed by atoms with E-state index in [4.69, 9.17) is 5.84 Å². The molecule has 2 aromatic carbocycles. The Morgan fingerprint density at radius 1 is 1.12 bits per heavy atom. The number of hydrogen-bond donors (Lipinski definition) is 2. The first kappa shape index (κ1) is 30.0. The maximum Gasteiger partial charge on any atom is 0.573 e. The van der Waals surface area contributed by atoms with Gasteiger partial charge in [0, 0.05) is 30.6 Å². The number of amidine groups is 1. The first-order chi connectivity index (χ1) is 20.8. The Balaban J connectivity index is 1.07. The van der Waals surface area contributed by atoms with Crippen LogP contribution in [-0.4, -0.2) is 51.3 Å². The molecule has 0 radical (unpaired) electrons. The van der Waals surface area contributed by atoms with Crippen LogP contribution in [0.15, 0.2) is 78.0 Å². The molecular weight excluding hydrogens is 579 g/mol. The van der Waals surface area contributed by atoms with Crippen LogP contribution in [0.3, 0.4) is 0 Å². The number of ether oxygens (including phenoxy) is 1. The number of carbonyl (C=O) groups is 1. The minimum Gasteiger partial charge on any atom is -0.406 e. The molecule has 4 aromatic rings. The number of benzene rings is 2. The summed E-state index contributed by atoms with van der Waals surface area (Å²) in [7, 11) is 0. The highest BCUT2D eigenvalue weighted by atomic mass is 32.1. The van der Waals surface area contributed by atoms with Gasteiger partial charge >= 0.3 is 6.36 Å². The fourth-order valence-corrected chi connectivity index (χ4v) is 5.89. The van der Waals surface area contributed by atoms with Gasteiger partial charge in [0.25, 0.3) is 0 Å². The fourth-order valence-electron chi connectivity index (χ4n) is 4.96. The molecule has 224 valence electrons. The summed E-state index contributed by atoms with van der Waals surface area (Å²) in [5.74, 6) is 6.13. The summed E-state index contributed by atoms with van der Waals surface area (Å²) in [6.07, 6.45) is 3.78. The molecule has 0 saturated carbocycles. The molecule has 0 bridgehead atoms. The SMILES string of the molecule is N/N=C(\C=C/CCc1cccc(OC(F)(F)F)c1)N1CCC(c2nnc(NC(=O)Cc3ccc4ncccc4c3)s2)CC1. The minimum atomic E-state index is -4.72. The molecular formula is C30H30F3N7O2S. The normalized spacial score (nSPS) is 14.9. The van der Waals surface area contributed by atoms with Gasteiger partial charge in [0.1, 0.15) is 16.6 Å². The van der Waals surface area contributed by atoms with E-state index in [1.807, 2.05) is 42.5 Å². The van der Waals surface area contributed by atoms with E-state index < -0.39 is 6.36 Å². The standard InChI is InChI=1S/C30H30F3N7O2S/c31-30(32,33)42-24-8-3-6-20(18-24)5-1-2-9-26(37-34)40-15-12-22(13-16-40)28-38-39-29(43-28)36-27(41)19-21-10-11-25-23(17-21)7-4-14-35-25/h2-4,6-11,14,17-18,22H,1,5,12-13,15-16,19,34H2,(H,36,39,41)/b9-2-,37-26+. The summed E-state index contributed by atoms with van der Waals surface area (Å²) in [5.41, 5.74) is 2.51. The number of carbonyl (C=O) groups excluding carboxylic acids is 1. The number of hydrazone groups is 1. The van der Waals surface area contributed by atoms with Gasteiger partial charge in [-0.2, -0.15) is 5.10 Å². The lowest BCUT2D eigenvalue weighted by Gasteiger charge is -2.32. The van der Waals surface area contributed by atoms with Crippen LogP contribution in [0.4, 0.5) is 18.3 Å². The lowest BCUT2D eigenvalue weighted by atomic mass is 9.97. The first-order valence-corrected chi connectivity index (χ1v) is 14.6. The monoisotopic (exact) mass is 609 g/mol. The number of allylic oxidation sites excluding steroid dienone is 1. The molecule has 1 amide bonds. The summed E-state index contributed by atoms with van der Waals surface area (Å²) in [6.45, 7) is 1.44. The smallest absolute Gasteiger partial charge is 0.406 e. The van der Waals surface area contributed by atoms with Crippen LogP contribution < -0.4 is 15.9 Å². The number of rotatable bonds is 9. The molecule has 1 aliphatic rings. The number of fused-ring (bicyclic) bond motifs is 1. The van der Waals surface area contributed by atoms with Gasteiger partial charge in [0.2, 0.25) is 11.0 Å². The van der Waals surface area contributed by atoms with Gasteiger partial charge < -0.3 is 20.8 Å². The van der Waals surface area contributed by atoms with Crippen molar-refractivity contribution < 1.29 is 22.7 Å². The largest absolute Gasteiger partial charge is 0.573 e. The third-order valence-corrected chi connectivity index (χ3v) is 8.02. The second-order valence-electron chi connectivity index (χ2n) is 10.1. The van der Waals surface area contributed by atoms with E-state index in [1.165, 1.54) is 29.5 Å². The van der Waals surface area contributed by atoms with E-state index in [2.05, 4.69) is 35.2 Å². The van der Waals surface area contributed by atoms with E-state index in [0.717, 1.165) is 53.0 Å². The Hall–Kier alpha value is -4.52. The second kappa shape index (κ2) is 13.6. The lowest BCUT2D eigenvalue weighted by Crippen LogP contribution is -2.37. The van der Waals surface area contributed by atoms with E-state index >= 15 is 0 Å². The third-order valence-electron chi connectivity index (χ3n) is 7.02. The number of hydrogen-bond acceptors (Lipinski definition) is 8. The number of amides is 1. The van der Waals surface area contributed by atoms with Gasteiger partial charge in [0.05, 0.1) is 11.9 Å². The summed E-state index contributed by atoms with van der Waals surface area (Å²) >= 11 is 1.39. The Bertz CT molecular complexity index is 1610. The number of nitrogens with zero attached hydrogens (tertiary/aromatic N) is 5. The molecule has 43 heavy (non-hydrogen) atoms. The van der Waals surface area contributed by atoms with Crippen molar-refractivity contribution >= 4 is 39.1 Å². The zero-order valence-electron chi connectivity index (χ0n) is 23.1. The predicted molar refractivity (Wildman–Crippen MR) is 160 cm³/mol. The van der Waals surface area contributed by atoms with E-state index in [9.17, 15) is 18.0 Å². The Morgan fingerprint density at radius 3 is 2.74 bits per heavy atom. The minimum absolute atomic E-state index is 0.154. The number of alkyl halides is 3. The highest BCUT2D eigenvalue weighted by Gasteiger charge is 2.31. The molecule has 3 heterocycles. The number of likely N-dealkylation sites (tertiary alicyclic amines) is 1. The second-order valence-corrected chi connectivity index (χ2v) is 11.1. The number of anilines is 1. The van der Waals surface area contributed by atoms with Gasteiger partial charge in [0.15, 0.2) is 0 Å². The maximum absolute atomic E-state index is 12.6. The lowest BCUT2D eigenvalue weighted by molar-refractivity contribution is -0.274. The first-order valence-electron chi connectivity index (χ1n) is 13.8. The van der Waals surface area contributed by atoms with Crippen LogP contribution in [0.5, 0.6) is 5.75 Å². The third kappa shape index (κ3) is 8.51. The van der Waals surface area contributed by atoms with Crippen molar-refractivity contribution in [2.45, 2.75) is 44.4 Å². The van der Waals surface area contributed by atoms with Crippen LogP contribution in [-0.2, 0) is 17.6 Å². The Labute approximate surface area is 250 Å². The van der Waals surface area contributed by atoms with Gasteiger partial charge in [-0.15, -0.1) is 23.4 Å². The molecule has 0 unspecified atom stereocenters. The van der Waals surface area contributed by atoms with Crippen molar-refractivity contribution in [2.75, 3.05) is 18.4 Å². The van der Waals surface area contributed by atoms with Crippen LogP contribution in [0.25, 0.3) is 10.9 Å². The molecule has 2 aromatic heterocycles. The molecule has 0 aliphatic carbocycles. The van der Waals surface area contributed by atoms with Crippen molar-refractivity contribution in [1.82, 2.24) is 20.1 Å². The highest BCUT2D eigenvalue weighted by molar-refractivity contribution is 7.15. The molecule has 1 aliphatic heterocycles. The molecule has 5 rings (SSSR count). The Morgan fingerprint density at radius 2 is 1.95 bits per heavy atom. The van der Waals surface area contributed by atoms with Crippen molar-refractivity contribution in [3.05, 3.63) is 89.1 Å². The number of halogens is 3. The van der Waals surface area contributed by atoms with Crippen LogP contribution >= 0.6 is 11.3 Å². The Kier molecular flexibility index (Phi) is 9.50. The number of aromatic nitrogens is 3. The van der Waals surface area contributed by atoms with E-state index in [0.29, 0.717) is 23.8 Å². The summed E-state index contributed by atoms with van der Waals surface area (Å²) in [4.78, 5) is 19.0. The van der Waals surface area contributed by atoms with Gasteiger partial charge in [-0.1, -0.05) is 41.7 Å². The molecule has 1 saturated heterocycles. The number of piperidine rings is 1. The van der Waals surface area contributed by atoms with Gasteiger partial charge in [-0.3, -0.25) is 9.78 Å². The highest BCUT2D eigenvalue weighted by Crippen LogP contribution is 2.32. The molecule has 3 N–H and O–H groups in total. The van der Waals surface area contributed by atoms with Crippen LogP contribution in [0.1, 0.15) is 41.3 Å². The summed E-state index contributed by atoms with van der Waals surface area (Å²) in [5, 5.41) is 17.7. The van der Waals surface area contributed by atoms with Gasteiger partial charge in [-0.05, 0) is 73.2 Å². The average Bonchev–Trinajstić information content (AvgIpc) is 3.45. The fraction of sp³-hybridized carbons (Fsp3) is 0.300. The number of aryl methyl sites for hydroxylation is 1. The van der Waals surface area contributed by atoms with E-state index in [1.54, 1.807) is 12.3 Å². The molecule has 1 fully saturated rings. The zero-order valence-corrected chi connectivity index (χ0v) is 23.9. The molecule has 13 heteroatoms. The van der Waals surface area contributed by atoms with Crippen molar-refractivity contribution in [3.63, 3.8) is 0 Å². The molecule has 0 spiro atoms. The number of pyridine rings is 1. The average molecular weight is 610 g/mol. The van der Waals surface area contributed by atoms with Crippen molar-refractivity contribution in [2.24, 2.45) is 10.9 Å².